The second-order valence-corrected chi connectivity index (χ2v) is 10.4. The van der Waals surface area contributed by atoms with Crippen LogP contribution in [0.1, 0.15) is 57.9 Å². The van der Waals surface area contributed by atoms with Crippen molar-refractivity contribution < 1.29 is 9.59 Å². The number of anilines is 3. The predicted molar refractivity (Wildman–Crippen MR) is 159 cm³/mol. The third-order valence-electron chi connectivity index (χ3n) is 7.75. The number of aromatic nitrogens is 2. The number of ketones is 1. The normalized spacial score (nSPS) is 13.6. The van der Waals surface area contributed by atoms with E-state index in [4.69, 9.17) is 5.73 Å². The number of benzene rings is 3. The van der Waals surface area contributed by atoms with Crippen LogP contribution in [0.4, 0.5) is 17.1 Å². The van der Waals surface area contributed by atoms with Gasteiger partial charge in [0.1, 0.15) is 5.69 Å². The van der Waals surface area contributed by atoms with Gasteiger partial charge in [-0.2, -0.15) is 0 Å². The number of hydrogen-bond acceptors (Lipinski definition) is 4. The number of H-pyrrole nitrogens is 2. The van der Waals surface area contributed by atoms with E-state index in [-0.39, 0.29) is 11.7 Å². The number of fused-ring (bicyclic) bond motifs is 6. The lowest BCUT2D eigenvalue weighted by molar-refractivity contribution is 0.0983. The lowest BCUT2D eigenvalue weighted by Gasteiger charge is -2.16. The number of amides is 1. The zero-order valence-corrected chi connectivity index (χ0v) is 22.4. The number of nitrogens with one attached hydrogen (secondary N) is 3. The molecule has 0 saturated heterocycles. The first kappa shape index (κ1) is 24.8. The van der Waals surface area contributed by atoms with Crippen molar-refractivity contribution in [1.29, 1.82) is 0 Å². The molecule has 2 aliphatic heterocycles. The summed E-state index contributed by atoms with van der Waals surface area (Å²) >= 11 is 0. The Hall–Kier alpha value is -4.52. The minimum atomic E-state index is -0.0127. The molecule has 0 atom stereocenters. The highest BCUT2D eigenvalue weighted by Gasteiger charge is 2.29. The monoisotopic (exact) mass is 519 g/mol. The fourth-order valence-corrected chi connectivity index (χ4v) is 5.77. The molecular weight excluding hydrogens is 486 g/mol. The molecule has 1 amide bonds. The van der Waals surface area contributed by atoms with Crippen molar-refractivity contribution in [3.63, 3.8) is 0 Å². The van der Waals surface area contributed by atoms with Crippen molar-refractivity contribution in [2.24, 2.45) is 0 Å². The van der Waals surface area contributed by atoms with Crippen LogP contribution in [0.5, 0.6) is 0 Å². The molecular formula is C32H33N5O2. The number of Topliss-reactive ketones (excluding diaryl/α,β-unsaturated/α-hetero) is 1. The van der Waals surface area contributed by atoms with Gasteiger partial charge in [0.25, 0.3) is 5.91 Å². The van der Waals surface area contributed by atoms with Crippen LogP contribution in [0.2, 0.25) is 0 Å². The van der Waals surface area contributed by atoms with Gasteiger partial charge in [0.2, 0.25) is 0 Å². The number of nitrogen functional groups attached to an aromatic ring is 1. The maximum Gasteiger partial charge on any atom is 0.274 e. The summed E-state index contributed by atoms with van der Waals surface area (Å²) in [5.41, 5.74) is 15.4. The summed E-state index contributed by atoms with van der Waals surface area (Å²) in [4.78, 5) is 33.4. The Kier molecular flexibility index (Phi) is 6.35. The van der Waals surface area contributed by atoms with E-state index >= 15 is 0 Å². The summed E-state index contributed by atoms with van der Waals surface area (Å²) in [6.45, 7) is 5.32. The zero-order chi connectivity index (χ0) is 27.1. The molecule has 0 saturated carbocycles. The quantitative estimate of drug-likeness (QED) is 0.166. The van der Waals surface area contributed by atoms with Gasteiger partial charge in [0.15, 0.2) is 5.78 Å². The summed E-state index contributed by atoms with van der Waals surface area (Å²) in [6.07, 6.45) is 4.12. The molecule has 7 heteroatoms. The first-order valence-corrected chi connectivity index (χ1v) is 13.6. The Morgan fingerprint density at radius 3 is 2.31 bits per heavy atom. The molecule has 0 radical (unpaired) electrons. The Balaban J connectivity index is 0.000000235. The van der Waals surface area contributed by atoms with E-state index in [2.05, 4.69) is 40.4 Å². The van der Waals surface area contributed by atoms with Crippen LogP contribution >= 0.6 is 0 Å². The third-order valence-corrected chi connectivity index (χ3v) is 7.75. The molecule has 0 aliphatic carbocycles. The van der Waals surface area contributed by atoms with Gasteiger partial charge in [-0.1, -0.05) is 25.5 Å². The number of nitrogens with two attached hydrogens (primary N) is 1. The lowest BCUT2D eigenvalue weighted by Crippen LogP contribution is -2.29. The first-order valence-electron chi connectivity index (χ1n) is 13.6. The van der Waals surface area contributed by atoms with Crippen LogP contribution in [0.3, 0.4) is 0 Å². The van der Waals surface area contributed by atoms with Crippen molar-refractivity contribution >= 4 is 50.6 Å². The van der Waals surface area contributed by atoms with E-state index in [1.54, 1.807) is 6.92 Å². The predicted octanol–water partition coefficient (Wildman–Crippen LogP) is 6.24. The fourth-order valence-electron chi connectivity index (χ4n) is 5.77. The Bertz CT molecular complexity index is 1710. The number of carbonyl (C=O) groups excluding carboxylic acids is 2. The molecule has 4 heterocycles. The Morgan fingerprint density at radius 2 is 1.56 bits per heavy atom. The minimum Gasteiger partial charge on any atom is -0.399 e. The SMILES string of the molecule is CC(=O)c1cc2c3c(ccc2[nH]1)N(C(=O)c1cc2c4c(ccc2[nH]1)NCC4)CC3.CCCc1ccc(N)cc1. The Morgan fingerprint density at radius 1 is 0.872 bits per heavy atom. The minimum absolute atomic E-state index is 0.0127. The summed E-state index contributed by atoms with van der Waals surface area (Å²) in [5.74, 6) is 0.00214. The van der Waals surface area contributed by atoms with Crippen LogP contribution < -0.4 is 16.0 Å². The second kappa shape index (κ2) is 9.98. The first-order chi connectivity index (χ1) is 18.9. The summed E-state index contributed by atoms with van der Waals surface area (Å²) in [5, 5.41) is 5.55. The second-order valence-electron chi connectivity index (χ2n) is 10.4. The molecule has 0 fully saturated rings. The number of nitrogens with zero attached hydrogens (tertiary/aromatic N) is 1. The van der Waals surface area contributed by atoms with Crippen molar-refractivity contribution in [2.75, 3.05) is 29.0 Å². The van der Waals surface area contributed by atoms with Crippen LogP contribution in [-0.4, -0.2) is 34.7 Å². The van der Waals surface area contributed by atoms with Crippen molar-refractivity contribution in [1.82, 2.24) is 9.97 Å². The topological polar surface area (TPSA) is 107 Å². The van der Waals surface area contributed by atoms with E-state index in [1.165, 1.54) is 17.5 Å². The maximum atomic E-state index is 13.3. The number of carbonyl (C=O) groups is 2. The van der Waals surface area contributed by atoms with Gasteiger partial charge in [-0.15, -0.1) is 0 Å². The average Bonchev–Trinajstić information content (AvgIpc) is 3.73. The molecule has 0 spiro atoms. The number of aromatic amines is 2. The molecule has 2 aromatic heterocycles. The summed E-state index contributed by atoms with van der Waals surface area (Å²) in [6, 6.07) is 20.0. The van der Waals surface area contributed by atoms with Gasteiger partial charge in [0, 0.05) is 58.9 Å². The third kappa shape index (κ3) is 4.54. The van der Waals surface area contributed by atoms with Crippen molar-refractivity contribution in [2.45, 2.75) is 39.5 Å². The van der Waals surface area contributed by atoms with Gasteiger partial charge in [-0.25, -0.2) is 0 Å². The van der Waals surface area contributed by atoms with E-state index in [1.807, 2.05) is 47.4 Å². The highest BCUT2D eigenvalue weighted by Crippen LogP contribution is 2.36. The standard InChI is InChI=1S/C23H20N4O2.C9H13N/c1-12(28)20-10-16-14-7-9-27(22(14)5-4-19(16)25-20)23(29)21-11-15-13-6-8-24-17(13)2-3-18(15)26-21;1-2-3-8-4-6-9(10)7-5-8/h2-5,10-11,24-26H,6-9H2,1H3;4-7H,2-3,10H2,1H3. The van der Waals surface area contributed by atoms with Crippen molar-refractivity contribution in [3.05, 3.63) is 88.7 Å². The fraction of sp³-hybridized carbons (Fsp3) is 0.250. The van der Waals surface area contributed by atoms with Crippen LogP contribution in [0.15, 0.2) is 60.7 Å². The molecule has 5 aromatic rings. The molecule has 39 heavy (non-hydrogen) atoms. The molecule has 7 rings (SSSR count). The average molecular weight is 520 g/mol. The highest BCUT2D eigenvalue weighted by molar-refractivity contribution is 6.11. The zero-order valence-electron chi connectivity index (χ0n) is 22.4. The van der Waals surface area contributed by atoms with Gasteiger partial charge in [-0.3, -0.25) is 9.59 Å². The molecule has 7 nitrogen and oxygen atoms in total. The largest absolute Gasteiger partial charge is 0.399 e. The van der Waals surface area contributed by atoms with Gasteiger partial charge >= 0.3 is 0 Å². The van der Waals surface area contributed by atoms with Crippen LogP contribution in [0, 0.1) is 0 Å². The Labute approximate surface area is 227 Å². The van der Waals surface area contributed by atoms with E-state index in [9.17, 15) is 9.59 Å². The van der Waals surface area contributed by atoms with Gasteiger partial charge in [-0.05, 0) is 84.5 Å². The molecule has 198 valence electrons. The smallest absolute Gasteiger partial charge is 0.274 e. The van der Waals surface area contributed by atoms with Crippen LogP contribution in [0.25, 0.3) is 21.8 Å². The molecule has 0 unspecified atom stereocenters. The van der Waals surface area contributed by atoms with Gasteiger partial charge < -0.3 is 25.9 Å². The number of rotatable bonds is 4. The number of aryl methyl sites for hydroxylation is 1. The summed E-state index contributed by atoms with van der Waals surface area (Å²) < 4.78 is 0. The van der Waals surface area contributed by atoms with Crippen molar-refractivity contribution in [3.8, 4) is 0 Å². The van der Waals surface area contributed by atoms with E-state index < -0.39 is 0 Å². The highest BCUT2D eigenvalue weighted by atomic mass is 16.2. The molecule has 5 N–H and O–H groups in total. The van der Waals surface area contributed by atoms with Crippen LogP contribution in [-0.2, 0) is 19.3 Å². The lowest BCUT2D eigenvalue weighted by atomic mass is 10.1. The maximum absolute atomic E-state index is 13.3. The number of hydrogen-bond donors (Lipinski definition) is 4. The van der Waals surface area contributed by atoms with E-state index in [0.29, 0.717) is 17.9 Å². The molecule has 0 bridgehead atoms. The summed E-state index contributed by atoms with van der Waals surface area (Å²) in [7, 11) is 0. The van der Waals surface area contributed by atoms with E-state index in [0.717, 1.165) is 70.2 Å². The van der Waals surface area contributed by atoms with Gasteiger partial charge in [0.05, 0.1) is 5.69 Å². The molecule has 2 aliphatic rings. The molecule has 3 aromatic carbocycles.